The molecule has 0 aliphatic carbocycles. The molecule has 0 aromatic heterocycles. The Labute approximate surface area is 103 Å². The molecule has 0 bridgehead atoms. The summed E-state index contributed by atoms with van der Waals surface area (Å²) in [6.45, 7) is 0. The molecule has 0 radical (unpaired) electrons. The molecule has 1 aromatic rings. The van der Waals surface area contributed by atoms with Crippen molar-refractivity contribution < 1.29 is 27.8 Å². The molecule has 0 amide bonds. The number of carbonyl (C=O) groups excluding carboxylic acids is 1. The number of Topliss-reactive ketones (excluding diaryl/α,β-unsaturated/α-hetero) is 1. The number of alkyl halides is 4. The third-order valence-corrected chi connectivity index (χ3v) is 2.48. The van der Waals surface area contributed by atoms with Crippen LogP contribution < -0.4 is 4.74 Å². The first kappa shape index (κ1) is 13.8. The van der Waals surface area contributed by atoms with E-state index in [1.165, 1.54) is 12.1 Å². The average molecular weight is 313 g/mol. The van der Waals surface area contributed by atoms with Gasteiger partial charge < -0.3 is 9.84 Å². The smallest absolute Gasteiger partial charge is 0.508 e. The molecule has 1 rings (SSSR count). The largest absolute Gasteiger partial charge is 0.573 e. The van der Waals surface area contributed by atoms with Gasteiger partial charge in [-0.05, 0) is 12.1 Å². The molecule has 3 nitrogen and oxygen atoms in total. The van der Waals surface area contributed by atoms with Crippen molar-refractivity contribution in [2.75, 3.05) is 5.33 Å². The summed E-state index contributed by atoms with van der Waals surface area (Å²) in [5, 5.41) is 9.41. The molecule has 0 saturated carbocycles. The zero-order chi connectivity index (χ0) is 13.1. The van der Waals surface area contributed by atoms with Gasteiger partial charge in [0.25, 0.3) is 0 Å². The summed E-state index contributed by atoms with van der Waals surface area (Å²) in [7, 11) is 0. The van der Waals surface area contributed by atoms with Crippen LogP contribution in [0.1, 0.15) is 5.56 Å². The van der Waals surface area contributed by atoms with Crippen molar-refractivity contribution >= 4 is 21.7 Å². The first-order valence-electron chi connectivity index (χ1n) is 4.47. The van der Waals surface area contributed by atoms with Gasteiger partial charge in [0.15, 0.2) is 0 Å². The lowest BCUT2D eigenvalue weighted by atomic mass is 10.1. The Kier molecular flexibility index (Phi) is 4.39. The second kappa shape index (κ2) is 5.39. The molecule has 0 spiro atoms. The lowest BCUT2D eigenvalue weighted by Gasteiger charge is -2.13. The lowest BCUT2D eigenvalue weighted by molar-refractivity contribution is -0.274. The van der Waals surface area contributed by atoms with E-state index in [9.17, 15) is 23.1 Å². The van der Waals surface area contributed by atoms with Crippen molar-refractivity contribution in [2.24, 2.45) is 0 Å². The SMILES string of the molecule is O=C(CBr)Cc1c(O)cccc1OC(F)(F)F. The summed E-state index contributed by atoms with van der Waals surface area (Å²) in [4.78, 5) is 11.2. The zero-order valence-electron chi connectivity index (χ0n) is 8.42. The van der Waals surface area contributed by atoms with E-state index in [0.29, 0.717) is 0 Å². The van der Waals surface area contributed by atoms with Gasteiger partial charge in [-0.2, -0.15) is 0 Å². The summed E-state index contributed by atoms with van der Waals surface area (Å²) in [5.74, 6) is -1.33. The average Bonchev–Trinajstić information content (AvgIpc) is 2.20. The molecule has 0 fully saturated rings. The minimum Gasteiger partial charge on any atom is -0.508 e. The van der Waals surface area contributed by atoms with Crippen molar-refractivity contribution in [3.63, 3.8) is 0 Å². The minimum atomic E-state index is -4.86. The minimum absolute atomic E-state index is 0.00715. The van der Waals surface area contributed by atoms with E-state index in [1.54, 1.807) is 0 Å². The number of benzene rings is 1. The highest BCUT2D eigenvalue weighted by Crippen LogP contribution is 2.32. The standard InChI is InChI=1S/C10H8BrF3O3/c11-5-6(15)4-7-8(16)2-1-3-9(7)17-10(12,13)14/h1-3,16H,4-5H2. The van der Waals surface area contributed by atoms with Gasteiger partial charge in [-0.3, -0.25) is 4.79 Å². The van der Waals surface area contributed by atoms with Crippen molar-refractivity contribution in [1.29, 1.82) is 0 Å². The highest BCUT2D eigenvalue weighted by atomic mass is 79.9. The Hall–Kier alpha value is -1.24. The number of carbonyl (C=O) groups is 1. The number of hydrogen-bond acceptors (Lipinski definition) is 3. The summed E-state index contributed by atoms with van der Waals surface area (Å²) in [6.07, 6.45) is -5.19. The van der Waals surface area contributed by atoms with Crippen molar-refractivity contribution in [2.45, 2.75) is 12.8 Å². The van der Waals surface area contributed by atoms with Crippen molar-refractivity contribution in [3.8, 4) is 11.5 Å². The van der Waals surface area contributed by atoms with Gasteiger partial charge in [-0.15, -0.1) is 13.2 Å². The van der Waals surface area contributed by atoms with E-state index in [-0.39, 0.29) is 23.1 Å². The first-order valence-corrected chi connectivity index (χ1v) is 5.60. The molecule has 1 N–H and O–H groups in total. The number of phenols is 1. The summed E-state index contributed by atoms with van der Waals surface area (Å²) >= 11 is 2.89. The molecule has 94 valence electrons. The van der Waals surface area contributed by atoms with Crippen LogP contribution in [0.5, 0.6) is 11.5 Å². The topological polar surface area (TPSA) is 46.5 Å². The molecule has 0 heterocycles. The molecule has 0 saturated heterocycles. The van der Waals surface area contributed by atoms with Crippen LogP contribution in [-0.2, 0) is 11.2 Å². The van der Waals surface area contributed by atoms with Gasteiger partial charge in [0.2, 0.25) is 0 Å². The predicted molar refractivity (Wildman–Crippen MR) is 57.3 cm³/mol. The fourth-order valence-corrected chi connectivity index (χ4v) is 1.39. The normalized spacial score (nSPS) is 11.3. The number of rotatable bonds is 4. The van der Waals surface area contributed by atoms with E-state index in [0.717, 1.165) is 6.07 Å². The Morgan fingerprint density at radius 3 is 2.59 bits per heavy atom. The van der Waals surface area contributed by atoms with Crippen LogP contribution in [-0.4, -0.2) is 22.6 Å². The maximum Gasteiger partial charge on any atom is 0.573 e. The number of phenolic OH excluding ortho intramolecular Hbond substituents is 1. The maximum atomic E-state index is 12.1. The number of ether oxygens (including phenoxy) is 1. The maximum absolute atomic E-state index is 12.1. The van der Waals surface area contributed by atoms with Gasteiger partial charge in [-0.25, -0.2) is 0 Å². The number of aromatic hydroxyl groups is 1. The fraction of sp³-hybridized carbons (Fsp3) is 0.300. The molecule has 17 heavy (non-hydrogen) atoms. The summed E-state index contributed by atoms with van der Waals surface area (Å²) < 4.78 is 40.0. The summed E-state index contributed by atoms with van der Waals surface area (Å²) in [6, 6.07) is 3.45. The van der Waals surface area contributed by atoms with Crippen LogP contribution in [0.15, 0.2) is 18.2 Å². The molecular weight excluding hydrogens is 305 g/mol. The van der Waals surface area contributed by atoms with Crippen molar-refractivity contribution in [3.05, 3.63) is 23.8 Å². The third kappa shape index (κ3) is 4.26. The Morgan fingerprint density at radius 1 is 1.41 bits per heavy atom. The second-order valence-electron chi connectivity index (χ2n) is 3.15. The number of ketones is 1. The van der Waals surface area contributed by atoms with Gasteiger partial charge >= 0.3 is 6.36 Å². The van der Waals surface area contributed by atoms with E-state index >= 15 is 0 Å². The van der Waals surface area contributed by atoms with Gasteiger partial charge in [0.05, 0.1) is 5.33 Å². The zero-order valence-corrected chi connectivity index (χ0v) is 10.0. The van der Waals surface area contributed by atoms with E-state index < -0.39 is 17.9 Å². The molecule has 0 unspecified atom stereocenters. The number of hydrogen-bond donors (Lipinski definition) is 1. The third-order valence-electron chi connectivity index (χ3n) is 1.86. The van der Waals surface area contributed by atoms with Gasteiger partial charge in [0, 0.05) is 12.0 Å². The van der Waals surface area contributed by atoms with E-state index in [2.05, 4.69) is 20.7 Å². The van der Waals surface area contributed by atoms with Crippen molar-refractivity contribution in [1.82, 2.24) is 0 Å². The van der Waals surface area contributed by atoms with Crippen LogP contribution >= 0.6 is 15.9 Å². The highest BCUT2D eigenvalue weighted by molar-refractivity contribution is 9.09. The highest BCUT2D eigenvalue weighted by Gasteiger charge is 2.32. The Morgan fingerprint density at radius 2 is 2.06 bits per heavy atom. The van der Waals surface area contributed by atoms with Gasteiger partial charge in [-0.1, -0.05) is 22.0 Å². The van der Waals surface area contributed by atoms with Gasteiger partial charge in [0.1, 0.15) is 17.3 Å². The molecule has 0 aliphatic rings. The second-order valence-corrected chi connectivity index (χ2v) is 3.71. The van der Waals surface area contributed by atoms with Crippen LogP contribution in [0.25, 0.3) is 0 Å². The van der Waals surface area contributed by atoms with Crippen LogP contribution in [0.3, 0.4) is 0 Å². The monoisotopic (exact) mass is 312 g/mol. The fourth-order valence-electron chi connectivity index (χ4n) is 1.20. The summed E-state index contributed by atoms with van der Waals surface area (Å²) in [5.41, 5.74) is -0.172. The molecule has 7 heteroatoms. The predicted octanol–water partition coefficient (Wildman–Crippen LogP) is 2.80. The molecule has 1 aromatic carbocycles. The molecular formula is C10H8BrF3O3. The van der Waals surface area contributed by atoms with Crippen LogP contribution in [0, 0.1) is 0 Å². The van der Waals surface area contributed by atoms with E-state index in [1.807, 2.05) is 0 Å². The molecule has 0 atom stereocenters. The number of halogens is 4. The quantitative estimate of drug-likeness (QED) is 0.870. The Bertz CT molecular complexity index is 418. The van der Waals surface area contributed by atoms with Crippen LogP contribution in [0.2, 0.25) is 0 Å². The van der Waals surface area contributed by atoms with E-state index in [4.69, 9.17) is 0 Å². The lowest BCUT2D eigenvalue weighted by Crippen LogP contribution is -2.19. The molecule has 0 aliphatic heterocycles. The Balaban J connectivity index is 3.04. The first-order chi connectivity index (χ1) is 7.83. The van der Waals surface area contributed by atoms with Crippen LogP contribution in [0.4, 0.5) is 13.2 Å².